The average molecular weight is 572 g/mol. The molecule has 0 radical (unpaired) electrons. The Morgan fingerprint density at radius 2 is 1.90 bits per heavy atom. The Morgan fingerprint density at radius 3 is 2.71 bits per heavy atom. The second-order valence-electron chi connectivity index (χ2n) is 10.5. The van der Waals surface area contributed by atoms with E-state index in [1.165, 1.54) is 0 Å². The van der Waals surface area contributed by atoms with E-state index in [4.69, 9.17) is 11.6 Å². The van der Waals surface area contributed by atoms with Gasteiger partial charge in [-0.05, 0) is 80.0 Å². The van der Waals surface area contributed by atoms with E-state index in [1.54, 1.807) is 18.5 Å². The van der Waals surface area contributed by atoms with Crippen LogP contribution >= 0.6 is 11.6 Å². The van der Waals surface area contributed by atoms with Crippen LogP contribution in [0.1, 0.15) is 46.6 Å². The highest BCUT2D eigenvalue weighted by Crippen LogP contribution is 2.30. The quantitative estimate of drug-likeness (QED) is 0.267. The van der Waals surface area contributed by atoms with Crippen molar-refractivity contribution < 1.29 is 9.59 Å². The molecule has 11 nitrogen and oxygen atoms in total. The summed E-state index contributed by atoms with van der Waals surface area (Å²) in [6.07, 6.45) is 8.48. The number of pyridine rings is 1. The van der Waals surface area contributed by atoms with Gasteiger partial charge in [0.25, 0.3) is 5.91 Å². The van der Waals surface area contributed by atoms with E-state index in [2.05, 4.69) is 41.1 Å². The molecule has 0 saturated carbocycles. The first-order valence-electron chi connectivity index (χ1n) is 13.6. The van der Waals surface area contributed by atoms with Crippen molar-refractivity contribution in [1.29, 1.82) is 0 Å². The monoisotopic (exact) mass is 571 g/mol. The average Bonchev–Trinajstić information content (AvgIpc) is 3.41. The zero-order chi connectivity index (χ0) is 28.3. The first-order valence-corrected chi connectivity index (χ1v) is 14.0. The molecule has 12 heteroatoms. The Hall–Kier alpha value is -4.51. The first kappa shape index (κ1) is 26.7. The molecular weight excluding hydrogens is 542 g/mol. The number of anilines is 5. The smallest absolute Gasteiger partial charge is 0.274 e. The Morgan fingerprint density at radius 1 is 1.05 bits per heavy atom. The van der Waals surface area contributed by atoms with E-state index < -0.39 is 0 Å². The summed E-state index contributed by atoms with van der Waals surface area (Å²) in [7, 11) is 0. The minimum Gasteiger partial charge on any atom is -0.339 e. The van der Waals surface area contributed by atoms with Gasteiger partial charge in [-0.15, -0.1) is 0 Å². The molecule has 6 bridgehead atoms. The Balaban J connectivity index is 1.14. The van der Waals surface area contributed by atoms with Crippen LogP contribution in [0.3, 0.4) is 0 Å². The van der Waals surface area contributed by atoms with E-state index in [0.29, 0.717) is 48.4 Å². The normalized spacial score (nSPS) is 15.0. The molecule has 0 unspecified atom stereocenters. The first-order chi connectivity index (χ1) is 19.9. The number of rotatable bonds is 4. The van der Waals surface area contributed by atoms with Crippen LogP contribution in [0.25, 0.3) is 0 Å². The van der Waals surface area contributed by atoms with Gasteiger partial charge in [-0.1, -0.05) is 11.6 Å². The maximum atomic E-state index is 13.1. The van der Waals surface area contributed by atoms with E-state index in [0.717, 1.165) is 53.1 Å². The number of fused-ring (bicyclic) bond motifs is 6. The molecule has 2 aliphatic heterocycles. The van der Waals surface area contributed by atoms with Crippen LogP contribution in [0.15, 0.2) is 48.9 Å². The number of likely N-dealkylation sites (tertiary alicyclic amines) is 1. The van der Waals surface area contributed by atoms with Gasteiger partial charge in [0.05, 0.1) is 18.1 Å². The Kier molecular flexibility index (Phi) is 7.51. The fraction of sp³-hybridized carbons (Fsp3) is 0.310. The number of carbonyl (C=O) groups is 2. The highest BCUT2D eigenvalue weighted by Gasteiger charge is 2.26. The molecule has 2 amide bonds. The summed E-state index contributed by atoms with van der Waals surface area (Å²) in [5.41, 5.74) is 5.68. The van der Waals surface area contributed by atoms with Crippen LogP contribution < -0.4 is 16.0 Å². The summed E-state index contributed by atoms with van der Waals surface area (Å²) < 4.78 is 0. The van der Waals surface area contributed by atoms with Crippen molar-refractivity contribution in [2.24, 2.45) is 5.92 Å². The molecule has 4 aromatic rings. The fourth-order valence-electron chi connectivity index (χ4n) is 5.25. The second kappa shape index (κ2) is 11.5. The Labute approximate surface area is 242 Å². The number of nitrogens with zero attached hydrogens (tertiary/aromatic N) is 5. The van der Waals surface area contributed by atoms with Crippen LogP contribution in [0, 0.1) is 12.8 Å². The summed E-state index contributed by atoms with van der Waals surface area (Å²) in [5.74, 6) is 0.991. The standard InChI is InChI=1S/C29H30ClN9O2/c1-17-10-25(38-37-17)28(41)39-8-6-18(7-9-39)12-26(40)35-24-5-4-21-13-20(24)3-2-19-11-22(15-31-14-19)34-29-32-16-23(30)27(33-21)36-29/h4-5,10-11,13-16,18H,2-3,6-9,12H2,1H3,(H,35,40)(H,37,38)(H2,32,33,34,36). The number of nitrogens with one attached hydrogen (secondary N) is 4. The van der Waals surface area contributed by atoms with Gasteiger partial charge in [-0.3, -0.25) is 19.7 Å². The third kappa shape index (κ3) is 6.30. The third-order valence-corrected chi connectivity index (χ3v) is 7.70. The Bertz CT molecular complexity index is 1600. The number of aromatic nitrogens is 5. The van der Waals surface area contributed by atoms with E-state index in [9.17, 15) is 9.59 Å². The predicted octanol–water partition coefficient (Wildman–Crippen LogP) is 5.02. The molecule has 41 heavy (non-hydrogen) atoms. The van der Waals surface area contributed by atoms with Gasteiger partial charge < -0.3 is 20.9 Å². The highest BCUT2D eigenvalue weighted by molar-refractivity contribution is 6.32. The summed E-state index contributed by atoms with van der Waals surface area (Å²) in [6.45, 7) is 3.10. The molecule has 5 heterocycles. The number of H-pyrrole nitrogens is 1. The van der Waals surface area contributed by atoms with Gasteiger partial charge >= 0.3 is 0 Å². The minimum atomic E-state index is -0.0676. The summed E-state index contributed by atoms with van der Waals surface area (Å²) in [5, 5.41) is 16.9. The molecule has 1 aromatic carbocycles. The number of hydrogen-bond acceptors (Lipinski definition) is 8. The SMILES string of the molecule is Cc1cc(C(=O)N2CCC(CC(=O)Nc3ccc4cc3CCc3cncc(c3)Nc3ncc(Cl)c(n3)N4)CC2)n[nH]1. The summed E-state index contributed by atoms with van der Waals surface area (Å²) >= 11 is 6.37. The number of amides is 2. The number of hydrogen-bond donors (Lipinski definition) is 4. The number of piperidine rings is 1. The number of benzene rings is 1. The van der Waals surface area contributed by atoms with Gasteiger partial charge in [0, 0.05) is 42.8 Å². The van der Waals surface area contributed by atoms with Crippen molar-refractivity contribution in [2.45, 2.75) is 39.0 Å². The zero-order valence-electron chi connectivity index (χ0n) is 22.6. The van der Waals surface area contributed by atoms with E-state index >= 15 is 0 Å². The molecule has 3 aromatic heterocycles. The molecule has 6 rings (SSSR count). The molecule has 1 fully saturated rings. The molecule has 210 valence electrons. The molecule has 1 saturated heterocycles. The van der Waals surface area contributed by atoms with Crippen molar-refractivity contribution >= 4 is 52.2 Å². The van der Waals surface area contributed by atoms with Crippen LogP contribution in [0.5, 0.6) is 0 Å². The lowest BCUT2D eigenvalue weighted by Gasteiger charge is -2.31. The van der Waals surface area contributed by atoms with Crippen molar-refractivity contribution in [3.63, 3.8) is 0 Å². The lowest BCUT2D eigenvalue weighted by Crippen LogP contribution is -2.39. The van der Waals surface area contributed by atoms with Crippen molar-refractivity contribution in [2.75, 3.05) is 29.0 Å². The minimum absolute atomic E-state index is 0.0334. The molecule has 4 N–H and O–H groups in total. The van der Waals surface area contributed by atoms with Gasteiger partial charge in [-0.2, -0.15) is 10.1 Å². The van der Waals surface area contributed by atoms with Crippen molar-refractivity contribution in [3.05, 3.63) is 76.5 Å². The second-order valence-corrected chi connectivity index (χ2v) is 10.9. The maximum absolute atomic E-state index is 13.1. The number of aryl methyl sites for hydroxylation is 3. The van der Waals surface area contributed by atoms with Crippen LogP contribution in [0.2, 0.25) is 5.02 Å². The van der Waals surface area contributed by atoms with Crippen LogP contribution in [0.4, 0.5) is 28.8 Å². The van der Waals surface area contributed by atoms with Crippen LogP contribution in [-0.4, -0.2) is 55.0 Å². The predicted molar refractivity (Wildman–Crippen MR) is 157 cm³/mol. The third-order valence-electron chi connectivity index (χ3n) is 7.42. The number of carbonyl (C=O) groups excluding carboxylic acids is 2. The van der Waals surface area contributed by atoms with Crippen molar-refractivity contribution in [1.82, 2.24) is 30.0 Å². The topological polar surface area (TPSA) is 141 Å². The molecule has 0 aliphatic carbocycles. The van der Waals surface area contributed by atoms with Gasteiger partial charge in [0.2, 0.25) is 11.9 Å². The van der Waals surface area contributed by atoms with Gasteiger partial charge in [0.1, 0.15) is 10.7 Å². The lowest BCUT2D eigenvalue weighted by molar-refractivity contribution is -0.117. The molecule has 0 atom stereocenters. The van der Waals surface area contributed by atoms with Gasteiger partial charge in [-0.25, -0.2) is 4.98 Å². The van der Waals surface area contributed by atoms with Crippen LogP contribution in [-0.2, 0) is 17.6 Å². The summed E-state index contributed by atoms with van der Waals surface area (Å²) in [4.78, 5) is 40.8. The summed E-state index contributed by atoms with van der Waals surface area (Å²) in [6, 6.07) is 9.59. The largest absolute Gasteiger partial charge is 0.339 e. The number of halogens is 1. The number of aromatic amines is 1. The lowest BCUT2D eigenvalue weighted by atomic mass is 9.93. The van der Waals surface area contributed by atoms with E-state index in [1.807, 2.05) is 42.3 Å². The maximum Gasteiger partial charge on any atom is 0.274 e. The van der Waals surface area contributed by atoms with Crippen molar-refractivity contribution in [3.8, 4) is 0 Å². The fourth-order valence-corrected chi connectivity index (χ4v) is 5.38. The molecule has 2 aliphatic rings. The van der Waals surface area contributed by atoms with E-state index in [-0.39, 0.29) is 17.7 Å². The molecule has 0 spiro atoms. The highest BCUT2D eigenvalue weighted by atomic mass is 35.5. The zero-order valence-corrected chi connectivity index (χ0v) is 23.3. The molecular formula is C29H30ClN9O2. The van der Waals surface area contributed by atoms with Gasteiger partial charge in [0.15, 0.2) is 5.82 Å².